The Kier molecular flexibility index (Phi) is 2.96. The highest BCUT2D eigenvalue weighted by atomic mass is 32.1. The monoisotopic (exact) mass is 256 g/mol. The molecule has 2 aromatic rings. The highest BCUT2D eigenvalue weighted by molar-refractivity contribution is 7.13. The highest BCUT2D eigenvalue weighted by Crippen LogP contribution is 2.20. The zero-order valence-electron chi connectivity index (χ0n) is 8.28. The van der Waals surface area contributed by atoms with Crippen LogP contribution in [0.4, 0.5) is 19.6 Å². The first-order valence-corrected chi connectivity index (χ1v) is 5.28. The first-order valence-electron chi connectivity index (χ1n) is 4.40. The lowest BCUT2D eigenvalue weighted by Crippen LogP contribution is -2.16. The molecule has 0 saturated heterocycles. The quantitative estimate of drug-likeness (QED) is 0.800. The molecule has 1 aromatic carbocycles. The van der Waals surface area contributed by atoms with E-state index in [1.54, 1.807) is 0 Å². The third-order valence-electron chi connectivity index (χ3n) is 1.93. The number of anilines is 2. The normalized spacial score (nSPS) is 10.2. The fourth-order valence-electron chi connectivity index (χ4n) is 1.16. The number of nitrogens with zero attached hydrogens (tertiary/aromatic N) is 2. The summed E-state index contributed by atoms with van der Waals surface area (Å²) in [6.45, 7) is 0. The van der Waals surface area contributed by atoms with E-state index in [0.29, 0.717) is 0 Å². The first kappa shape index (κ1) is 11.4. The van der Waals surface area contributed by atoms with Gasteiger partial charge >= 0.3 is 0 Å². The van der Waals surface area contributed by atoms with Gasteiger partial charge in [-0.25, -0.2) is 8.78 Å². The maximum Gasteiger partial charge on any atom is 0.263 e. The summed E-state index contributed by atoms with van der Waals surface area (Å²) in [7, 11) is 0. The number of hydrogen-bond acceptors (Lipinski definition) is 5. The molecule has 0 fully saturated rings. The molecule has 2 rings (SSSR count). The van der Waals surface area contributed by atoms with E-state index < -0.39 is 23.1 Å². The van der Waals surface area contributed by atoms with Crippen molar-refractivity contribution >= 4 is 28.1 Å². The van der Waals surface area contributed by atoms with Gasteiger partial charge in [0.2, 0.25) is 5.13 Å². The Morgan fingerprint density at radius 1 is 1.41 bits per heavy atom. The van der Waals surface area contributed by atoms with Crippen LogP contribution >= 0.6 is 11.3 Å². The smallest absolute Gasteiger partial charge is 0.263 e. The molecule has 3 N–H and O–H groups in total. The van der Waals surface area contributed by atoms with E-state index in [4.69, 9.17) is 5.73 Å². The second-order valence-corrected chi connectivity index (χ2v) is 3.86. The van der Waals surface area contributed by atoms with Crippen LogP contribution < -0.4 is 11.1 Å². The largest absolute Gasteiger partial charge is 0.396 e. The van der Waals surface area contributed by atoms with Crippen molar-refractivity contribution in [1.29, 1.82) is 0 Å². The molecule has 0 bridgehead atoms. The van der Waals surface area contributed by atoms with Gasteiger partial charge < -0.3 is 5.73 Å². The number of benzene rings is 1. The fraction of sp³-hybridized carbons (Fsp3) is 0. The maximum atomic E-state index is 13.5. The van der Waals surface area contributed by atoms with Gasteiger partial charge in [-0.2, -0.15) is 0 Å². The van der Waals surface area contributed by atoms with E-state index in [2.05, 4.69) is 15.5 Å². The summed E-state index contributed by atoms with van der Waals surface area (Å²) in [5.74, 6) is -3.03. The number of nitrogens with one attached hydrogen (secondary N) is 1. The minimum absolute atomic E-state index is 0.149. The molecular weight excluding hydrogens is 250 g/mol. The van der Waals surface area contributed by atoms with E-state index >= 15 is 0 Å². The van der Waals surface area contributed by atoms with Crippen molar-refractivity contribution < 1.29 is 13.6 Å². The summed E-state index contributed by atoms with van der Waals surface area (Å²) in [4.78, 5) is 11.6. The Bertz CT molecular complexity index is 558. The zero-order valence-corrected chi connectivity index (χ0v) is 9.09. The van der Waals surface area contributed by atoms with Crippen LogP contribution in [0, 0.1) is 11.6 Å². The van der Waals surface area contributed by atoms with E-state index in [1.165, 1.54) is 5.51 Å². The van der Waals surface area contributed by atoms with Crippen molar-refractivity contribution in [3.63, 3.8) is 0 Å². The van der Waals surface area contributed by atoms with Crippen LogP contribution in [0.25, 0.3) is 0 Å². The summed E-state index contributed by atoms with van der Waals surface area (Å²) in [5, 5.41) is 9.36. The molecule has 0 aliphatic carbocycles. The van der Waals surface area contributed by atoms with E-state index in [0.717, 1.165) is 23.5 Å². The lowest BCUT2D eigenvalue weighted by atomic mass is 10.1. The van der Waals surface area contributed by atoms with Gasteiger partial charge in [0, 0.05) is 0 Å². The SMILES string of the molecule is Nc1ccc(F)c(C(=O)Nc2nncs2)c1F. The second-order valence-electron chi connectivity index (χ2n) is 3.02. The van der Waals surface area contributed by atoms with Gasteiger partial charge in [-0.3, -0.25) is 10.1 Å². The van der Waals surface area contributed by atoms with Gasteiger partial charge in [-0.1, -0.05) is 11.3 Å². The second kappa shape index (κ2) is 4.42. The number of aromatic nitrogens is 2. The van der Waals surface area contributed by atoms with Gasteiger partial charge in [-0.05, 0) is 12.1 Å². The lowest BCUT2D eigenvalue weighted by molar-refractivity contribution is 0.101. The molecule has 5 nitrogen and oxygen atoms in total. The predicted octanol–water partition coefficient (Wildman–Crippen LogP) is 1.65. The third-order valence-corrected chi connectivity index (χ3v) is 2.54. The van der Waals surface area contributed by atoms with Crippen LogP contribution in [-0.4, -0.2) is 16.1 Å². The molecule has 0 saturated carbocycles. The average molecular weight is 256 g/mol. The molecule has 0 radical (unpaired) electrons. The van der Waals surface area contributed by atoms with Crippen LogP contribution in [0.15, 0.2) is 17.6 Å². The van der Waals surface area contributed by atoms with Gasteiger partial charge in [0.15, 0.2) is 5.82 Å². The van der Waals surface area contributed by atoms with E-state index in [-0.39, 0.29) is 10.8 Å². The predicted molar refractivity (Wildman–Crippen MR) is 58.6 cm³/mol. The molecule has 17 heavy (non-hydrogen) atoms. The van der Waals surface area contributed by atoms with Crippen molar-refractivity contribution in [2.45, 2.75) is 0 Å². The average Bonchev–Trinajstić information content (AvgIpc) is 2.77. The minimum Gasteiger partial charge on any atom is -0.396 e. The van der Waals surface area contributed by atoms with E-state index in [9.17, 15) is 13.6 Å². The number of carbonyl (C=O) groups is 1. The maximum absolute atomic E-state index is 13.5. The molecule has 88 valence electrons. The molecule has 8 heteroatoms. The minimum atomic E-state index is -1.09. The van der Waals surface area contributed by atoms with Crippen LogP contribution in [-0.2, 0) is 0 Å². The van der Waals surface area contributed by atoms with Gasteiger partial charge in [-0.15, -0.1) is 10.2 Å². The Hall–Kier alpha value is -2.09. The first-order chi connectivity index (χ1) is 8.09. The number of nitrogens with two attached hydrogens (primary N) is 1. The molecule has 0 aliphatic heterocycles. The van der Waals surface area contributed by atoms with Gasteiger partial charge in [0.05, 0.1) is 5.69 Å². The van der Waals surface area contributed by atoms with Crippen molar-refractivity contribution in [2.75, 3.05) is 11.1 Å². The summed E-state index contributed by atoms with van der Waals surface area (Å²) in [6, 6.07) is 1.97. The summed E-state index contributed by atoms with van der Waals surface area (Å²) in [5.41, 5.74) is 5.60. The molecule has 1 heterocycles. The number of halogens is 2. The number of carbonyl (C=O) groups excluding carboxylic acids is 1. The molecule has 0 spiro atoms. The molecule has 0 aliphatic rings. The zero-order chi connectivity index (χ0) is 12.4. The lowest BCUT2D eigenvalue weighted by Gasteiger charge is -2.05. The van der Waals surface area contributed by atoms with Crippen molar-refractivity contribution in [2.24, 2.45) is 0 Å². The van der Waals surface area contributed by atoms with Crippen molar-refractivity contribution in [3.05, 3.63) is 34.8 Å². The standard InChI is InChI=1S/C9H6F2N4OS/c10-4-1-2-5(12)7(11)6(4)8(16)14-9-15-13-3-17-9/h1-3H,12H2,(H,14,15,16). The van der Waals surface area contributed by atoms with Gasteiger partial charge in [0.1, 0.15) is 16.9 Å². The Morgan fingerprint density at radius 2 is 2.18 bits per heavy atom. The summed E-state index contributed by atoms with van der Waals surface area (Å²) in [6.07, 6.45) is 0. The van der Waals surface area contributed by atoms with Crippen LogP contribution in [0.2, 0.25) is 0 Å². The van der Waals surface area contributed by atoms with Crippen molar-refractivity contribution in [3.8, 4) is 0 Å². The van der Waals surface area contributed by atoms with Crippen molar-refractivity contribution in [1.82, 2.24) is 10.2 Å². The number of rotatable bonds is 2. The number of amides is 1. The topological polar surface area (TPSA) is 80.9 Å². The molecule has 0 unspecified atom stereocenters. The molecular formula is C9H6F2N4OS. The van der Waals surface area contributed by atoms with Gasteiger partial charge in [0.25, 0.3) is 5.91 Å². The van der Waals surface area contributed by atoms with Crippen LogP contribution in [0.1, 0.15) is 10.4 Å². The molecule has 1 aromatic heterocycles. The number of nitrogen functional groups attached to an aromatic ring is 1. The molecule has 1 amide bonds. The highest BCUT2D eigenvalue weighted by Gasteiger charge is 2.20. The summed E-state index contributed by atoms with van der Waals surface area (Å²) < 4.78 is 26.8. The fourth-order valence-corrected chi connectivity index (χ4v) is 1.60. The van der Waals surface area contributed by atoms with E-state index in [1.807, 2.05) is 0 Å². The Labute approximate surface area is 98.3 Å². The Morgan fingerprint density at radius 3 is 2.82 bits per heavy atom. The number of hydrogen-bond donors (Lipinski definition) is 2. The Balaban J connectivity index is 2.34. The third kappa shape index (κ3) is 2.21. The summed E-state index contributed by atoms with van der Waals surface area (Å²) >= 11 is 1.03. The molecule has 0 atom stereocenters. The van der Waals surface area contributed by atoms with Crippen LogP contribution in [0.5, 0.6) is 0 Å². The van der Waals surface area contributed by atoms with Crippen LogP contribution in [0.3, 0.4) is 0 Å².